The van der Waals surface area contributed by atoms with E-state index in [0.717, 1.165) is 21.8 Å². The number of hydrogen-bond acceptors (Lipinski definition) is 14. The second kappa shape index (κ2) is 14.1. The fourth-order valence-electron chi connectivity index (χ4n) is 3.35. The third kappa shape index (κ3) is 7.36. The van der Waals surface area contributed by atoms with Gasteiger partial charge in [-0.1, -0.05) is 5.16 Å². The minimum atomic E-state index is -1.88. The van der Waals surface area contributed by atoms with E-state index in [1.54, 1.807) is 24.5 Å². The Bertz CT molecular complexity index is 1350. The number of thiazole rings is 1. The molecule has 14 nitrogen and oxygen atoms in total. The first-order valence-corrected chi connectivity index (χ1v) is 12.8. The van der Waals surface area contributed by atoms with Crippen LogP contribution in [0.1, 0.15) is 25.1 Å². The van der Waals surface area contributed by atoms with E-state index < -0.39 is 52.2 Å². The summed E-state index contributed by atoms with van der Waals surface area (Å²) in [6, 6.07) is 2.27. The van der Waals surface area contributed by atoms with Gasteiger partial charge in [0.05, 0.1) is 17.7 Å². The number of nitrogen functional groups attached to an aromatic ring is 1. The summed E-state index contributed by atoms with van der Waals surface area (Å²) in [7, 11) is 0. The maximum Gasteiger partial charge on any atom is 1.00 e. The number of carbonyl (C=O) groups is 4. The number of carbonyl (C=O) groups excluding carboxylic acids is 4. The number of thioether (sulfide) groups is 1. The monoisotopic (exact) mass is 606 g/mol. The molecule has 0 radical (unpaired) electrons. The smallest absolute Gasteiger partial charge is 0.546 e. The Morgan fingerprint density at radius 1 is 1.25 bits per heavy atom. The van der Waals surface area contributed by atoms with Crippen molar-refractivity contribution >= 4 is 57.7 Å². The molecule has 2 amide bonds. The fraction of sp³-hybridized carbons (Fsp3) is 0.318. The van der Waals surface area contributed by atoms with Crippen LogP contribution in [0.3, 0.4) is 0 Å². The van der Waals surface area contributed by atoms with Crippen molar-refractivity contribution in [2.75, 3.05) is 11.5 Å². The number of carboxylic acid groups (broad SMARTS) is 2. The Morgan fingerprint density at radius 2 is 1.93 bits per heavy atom. The molecular weight excluding hydrogens is 586 g/mol. The summed E-state index contributed by atoms with van der Waals surface area (Å²) < 4.78 is 5.66. The van der Waals surface area contributed by atoms with Gasteiger partial charge in [0.25, 0.3) is 11.8 Å². The Kier molecular flexibility index (Phi) is 12.0. The van der Waals surface area contributed by atoms with E-state index in [-0.39, 0.29) is 88.1 Å². The van der Waals surface area contributed by atoms with Gasteiger partial charge in [0.15, 0.2) is 16.4 Å². The molecule has 2 aliphatic rings. The average Bonchev–Trinajstić information content (AvgIpc) is 3.31. The van der Waals surface area contributed by atoms with E-state index in [1.165, 1.54) is 31.0 Å². The normalized spacial score (nSPS) is 18.4. The number of pyridine rings is 1. The van der Waals surface area contributed by atoms with Crippen molar-refractivity contribution in [3.63, 3.8) is 0 Å². The van der Waals surface area contributed by atoms with E-state index in [9.17, 15) is 29.4 Å². The van der Waals surface area contributed by atoms with E-state index in [0.29, 0.717) is 0 Å². The minimum Gasteiger partial charge on any atom is -0.546 e. The number of hydrogen-bond donors (Lipinski definition) is 2. The number of fused-ring (bicyclic) bond motifs is 1. The molecule has 3 N–H and O–H groups in total. The van der Waals surface area contributed by atoms with Gasteiger partial charge in [-0.25, -0.2) is 4.98 Å². The van der Waals surface area contributed by atoms with E-state index in [1.807, 2.05) is 0 Å². The maximum absolute atomic E-state index is 13.1. The van der Waals surface area contributed by atoms with Crippen LogP contribution in [0.2, 0.25) is 0 Å². The summed E-state index contributed by atoms with van der Waals surface area (Å²) in [5.41, 5.74) is 3.65. The number of amides is 2. The molecule has 0 aliphatic carbocycles. The number of ether oxygens (including phenoxy) is 1. The van der Waals surface area contributed by atoms with Gasteiger partial charge in [-0.05, 0) is 31.5 Å². The molecule has 1 saturated heterocycles. The summed E-state index contributed by atoms with van der Waals surface area (Å²) >= 11 is 2.18. The van der Waals surface area contributed by atoms with E-state index in [2.05, 4.69) is 20.4 Å². The summed E-state index contributed by atoms with van der Waals surface area (Å²) in [5.74, 6) is -4.65. The van der Waals surface area contributed by atoms with Gasteiger partial charge in [0.2, 0.25) is 0 Å². The zero-order chi connectivity index (χ0) is 27.6. The van der Waals surface area contributed by atoms with Crippen LogP contribution >= 0.6 is 23.1 Å². The number of β-lactam (4-membered cyclic amide) rings is 1. The second-order valence-corrected chi connectivity index (χ2v) is 10.5. The molecule has 0 unspecified atom stereocenters. The van der Waals surface area contributed by atoms with Crippen molar-refractivity contribution < 1.29 is 98.1 Å². The summed E-state index contributed by atoms with van der Waals surface area (Å²) in [6.07, 6.45) is 3.12. The van der Waals surface area contributed by atoms with Crippen molar-refractivity contribution in [3.8, 4) is 0 Å². The first-order chi connectivity index (χ1) is 18.0. The van der Waals surface area contributed by atoms with Gasteiger partial charge in [-0.3, -0.25) is 19.5 Å². The van der Waals surface area contributed by atoms with Crippen LogP contribution < -0.4 is 80.4 Å². The summed E-state index contributed by atoms with van der Waals surface area (Å²) in [5, 5.41) is 30.0. The maximum atomic E-state index is 13.1. The molecule has 4 rings (SSSR count). The number of aromatic nitrogens is 2. The first kappa shape index (κ1) is 34.0. The van der Waals surface area contributed by atoms with Gasteiger partial charge in [-0.2, -0.15) is 0 Å². The minimum absolute atomic E-state index is 0. The molecule has 0 spiro atoms. The van der Waals surface area contributed by atoms with Gasteiger partial charge in [0.1, 0.15) is 35.2 Å². The standard InChI is InChI=1S/C22H22N6O8S2.2Na/c1-22(2,20(33)34)36-27-13(11-8-38-21(23)25-11)16(29)26-14-17(30)28-15(19(31)32)12(9-37-18(14)28)35-7-10-3-5-24-6-4-10;;/h3-6,8,14,18H,7,9H2,1-2H3,(H2,23,25)(H,26,29)(H,31,32)(H,33,34);;/q;2*+1/p-2/b27-13-;;/t14-,18-;;/m1../s1. The molecule has 1 fully saturated rings. The number of aliphatic carboxylic acids is 2. The van der Waals surface area contributed by atoms with E-state index >= 15 is 0 Å². The largest absolute Gasteiger partial charge is 1.00 e. The molecule has 0 saturated carbocycles. The number of nitrogens with zero attached hydrogens (tertiary/aromatic N) is 4. The van der Waals surface area contributed by atoms with Gasteiger partial charge < -0.3 is 40.4 Å². The molecule has 0 aromatic carbocycles. The molecule has 4 heterocycles. The summed E-state index contributed by atoms with van der Waals surface area (Å²) in [6.45, 7) is 2.40. The topological polar surface area (TPSA) is 212 Å². The zero-order valence-electron chi connectivity index (χ0n) is 21.9. The Labute approximate surface area is 280 Å². The Morgan fingerprint density at radius 3 is 2.50 bits per heavy atom. The predicted molar refractivity (Wildman–Crippen MR) is 129 cm³/mol. The fourth-order valence-corrected chi connectivity index (χ4v) is 5.17. The van der Waals surface area contributed by atoms with E-state index in [4.69, 9.17) is 15.3 Å². The molecular formula is C22H20N6Na2O8S2. The van der Waals surface area contributed by atoms with Gasteiger partial charge in [-0.15, -0.1) is 23.1 Å². The van der Waals surface area contributed by atoms with Crippen LogP contribution in [0, 0.1) is 0 Å². The van der Waals surface area contributed by atoms with Gasteiger partial charge >= 0.3 is 59.1 Å². The Hall–Kier alpha value is -2.18. The van der Waals surface area contributed by atoms with Gasteiger partial charge in [0, 0.05) is 17.8 Å². The first-order valence-electron chi connectivity index (χ1n) is 10.9. The van der Waals surface area contributed by atoms with Crippen molar-refractivity contribution in [1.82, 2.24) is 20.2 Å². The number of anilines is 1. The van der Waals surface area contributed by atoms with Crippen LogP contribution in [0.15, 0.2) is 46.5 Å². The van der Waals surface area contributed by atoms with Crippen LogP contribution in [0.5, 0.6) is 0 Å². The average molecular weight is 607 g/mol. The van der Waals surface area contributed by atoms with Crippen molar-refractivity contribution in [3.05, 3.63) is 52.6 Å². The van der Waals surface area contributed by atoms with Crippen LogP contribution in [-0.4, -0.2) is 67.1 Å². The van der Waals surface area contributed by atoms with Crippen LogP contribution in [0.4, 0.5) is 5.13 Å². The molecule has 18 heteroatoms. The summed E-state index contributed by atoms with van der Waals surface area (Å²) in [4.78, 5) is 63.1. The Balaban J connectivity index is 0.00000280. The van der Waals surface area contributed by atoms with Crippen LogP contribution in [0.25, 0.3) is 0 Å². The molecule has 40 heavy (non-hydrogen) atoms. The quantitative estimate of drug-likeness (QED) is 0.112. The molecule has 2 aliphatic heterocycles. The number of nitrogens with one attached hydrogen (secondary N) is 1. The second-order valence-electron chi connectivity index (χ2n) is 8.46. The third-order valence-electron chi connectivity index (χ3n) is 5.41. The molecule has 2 aromatic rings. The number of rotatable bonds is 10. The van der Waals surface area contributed by atoms with Crippen molar-refractivity contribution in [1.29, 1.82) is 0 Å². The molecule has 2 aromatic heterocycles. The van der Waals surface area contributed by atoms with Crippen molar-refractivity contribution in [2.24, 2.45) is 5.16 Å². The van der Waals surface area contributed by atoms with Crippen molar-refractivity contribution in [2.45, 2.75) is 37.5 Å². The molecule has 2 atom stereocenters. The number of nitrogens with two attached hydrogens (primary N) is 1. The SMILES string of the molecule is CC(C)(O/N=C(\C(=O)N[C@@H]1C(=O)N2C(C(=O)[O-])=C(OCc3ccncc3)CS[C@H]12)c1csc(N)n1)C(=O)[O-].[Na+].[Na+]. The van der Waals surface area contributed by atoms with Crippen LogP contribution in [-0.2, 0) is 35.4 Å². The zero-order valence-corrected chi connectivity index (χ0v) is 27.5. The number of oxime groups is 1. The third-order valence-corrected chi connectivity index (χ3v) is 7.34. The predicted octanol–water partition coefficient (Wildman–Crippen LogP) is -8.04. The molecule has 200 valence electrons. The number of carboxylic acids is 2. The molecule has 0 bridgehead atoms.